The normalized spacial score (nSPS) is 10.7. The summed E-state index contributed by atoms with van der Waals surface area (Å²) in [7, 11) is 0. The number of nitrogens with zero attached hydrogens (tertiary/aromatic N) is 1. The summed E-state index contributed by atoms with van der Waals surface area (Å²) in [5.41, 5.74) is 0. The number of ketones is 1. The van der Waals surface area contributed by atoms with Crippen LogP contribution in [0.25, 0.3) is 0 Å². The average Bonchev–Trinajstić information content (AvgIpc) is 3.05. The van der Waals surface area contributed by atoms with Gasteiger partial charge in [-0.3, -0.25) is 9.59 Å². The first-order valence-electron chi connectivity index (χ1n) is 7.16. The fraction of sp³-hybridized carbons (Fsp3) is 0.294. The fourth-order valence-corrected chi connectivity index (χ4v) is 2.89. The van der Waals surface area contributed by atoms with Crippen LogP contribution in [0.4, 0.5) is 0 Å². The lowest BCUT2D eigenvalue weighted by molar-refractivity contribution is -0.127. The van der Waals surface area contributed by atoms with Gasteiger partial charge in [-0.15, -0.1) is 11.8 Å². The molecule has 1 aromatic carbocycles. The van der Waals surface area contributed by atoms with Crippen molar-refractivity contribution in [1.29, 1.82) is 0 Å². The largest absolute Gasteiger partial charge is 0.461 e. The van der Waals surface area contributed by atoms with Crippen LogP contribution in [0.5, 0.6) is 0 Å². The molecule has 0 bridgehead atoms. The molecule has 0 saturated carbocycles. The molecule has 0 fully saturated rings. The minimum atomic E-state index is -0.594. The Morgan fingerprint density at radius 3 is 2.45 bits per heavy atom. The van der Waals surface area contributed by atoms with Crippen molar-refractivity contribution in [2.24, 2.45) is 0 Å². The number of amides is 1. The van der Waals surface area contributed by atoms with Gasteiger partial charge in [0.05, 0.1) is 6.26 Å². The van der Waals surface area contributed by atoms with Gasteiger partial charge in [0, 0.05) is 23.2 Å². The maximum absolute atomic E-state index is 12.3. The molecule has 1 heterocycles. The van der Waals surface area contributed by atoms with Crippen molar-refractivity contribution >= 4 is 23.5 Å². The predicted octanol–water partition coefficient (Wildman–Crippen LogP) is 3.49. The van der Waals surface area contributed by atoms with Gasteiger partial charge in [-0.25, -0.2) is 0 Å². The van der Waals surface area contributed by atoms with E-state index in [1.165, 1.54) is 12.3 Å². The summed E-state index contributed by atoms with van der Waals surface area (Å²) in [4.78, 5) is 27.2. The fourth-order valence-electron chi connectivity index (χ4n) is 2.02. The van der Waals surface area contributed by atoms with Crippen LogP contribution in [0.2, 0.25) is 0 Å². The summed E-state index contributed by atoms with van der Waals surface area (Å²) < 4.78 is 5.02. The molecule has 2 aromatic rings. The molecular weight excluding hydrogens is 298 g/mol. The Morgan fingerprint density at radius 2 is 1.86 bits per heavy atom. The number of rotatable bonds is 7. The second kappa shape index (κ2) is 7.84. The molecule has 116 valence electrons. The maximum atomic E-state index is 12.3. The first-order valence-corrected chi connectivity index (χ1v) is 8.15. The third-order valence-corrected chi connectivity index (χ3v) is 4.16. The molecule has 1 amide bonds. The molecule has 22 heavy (non-hydrogen) atoms. The zero-order valence-corrected chi connectivity index (χ0v) is 13.5. The van der Waals surface area contributed by atoms with Gasteiger partial charge >= 0.3 is 0 Å². The molecule has 0 radical (unpaired) electrons. The third kappa shape index (κ3) is 4.24. The van der Waals surface area contributed by atoms with E-state index in [9.17, 15) is 9.59 Å². The molecular formula is C17H19NO3S. The molecule has 5 heteroatoms. The number of hydrogen-bond acceptors (Lipinski definition) is 4. The molecule has 0 aliphatic heterocycles. The summed E-state index contributed by atoms with van der Waals surface area (Å²) >= 11 is 1.66. The zero-order chi connectivity index (χ0) is 15.9. The predicted molar refractivity (Wildman–Crippen MR) is 87.1 cm³/mol. The van der Waals surface area contributed by atoms with E-state index in [2.05, 4.69) is 0 Å². The first-order chi connectivity index (χ1) is 10.6. The quantitative estimate of drug-likeness (QED) is 0.445. The van der Waals surface area contributed by atoms with E-state index < -0.39 is 11.7 Å². The lowest BCUT2D eigenvalue weighted by atomic mass is 10.2. The van der Waals surface area contributed by atoms with Gasteiger partial charge in [-0.05, 0) is 38.1 Å². The number of carbonyl (C=O) groups is 2. The van der Waals surface area contributed by atoms with Gasteiger partial charge in [0.2, 0.25) is 0 Å². The van der Waals surface area contributed by atoms with Crippen molar-refractivity contribution in [3.05, 3.63) is 54.5 Å². The van der Waals surface area contributed by atoms with Crippen LogP contribution in [0.1, 0.15) is 24.4 Å². The van der Waals surface area contributed by atoms with Gasteiger partial charge in [0.1, 0.15) is 0 Å². The first kappa shape index (κ1) is 16.4. The smallest absolute Gasteiger partial charge is 0.298 e. The molecule has 0 unspecified atom stereocenters. The van der Waals surface area contributed by atoms with Gasteiger partial charge in [-0.2, -0.15) is 0 Å². The molecule has 1 aromatic heterocycles. The summed E-state index contributed by atoms with van der Waals surface area (Å²) in [5, 5.41) is 0. The molecule has 0 atom stereocenters. The van der Waals surface area contributed by atoms with Crippen LogP contribution >= 0.6 is 11.8 Å². The standard InChI is InChI=1S/C17H19NO3S/c1-13(2)18(10-12-22-14-7-4-3-5-8-14)17(20)16(19)15-9-6-11-21-15/h3-9,11,13H,10,12H2,1-2H3. The van der Waals surface area contributed by atoms with Crippen LogP contribution in [0.15, 0.2) is 58.0 Å². The second-order valence-electron chi connectivity index (χ2n) is 5.06. The van der Waals surface area contributed by atoms with E-state index in [1.54, 1.807) is 22.7 Å². The molecule has 2 rings (SSSR count). The molecule has 0 N–H and O–H groups in total. The number of carbonyl (C=O) groups excluding carboxylic acids is 2. The van der Waals surface area contributed by atoms with E-state index in [-0.39, 0.29) is 11.8 Å². The highest BCUT2D eigenvalue weighted by Crippen LogP contribution is 2.17. The zero-order valence-electron chi connectivity index (χ0n) is 12.7. The molecule has 0 spiro atoms. The van der Waals surface area contributed by atoms with Crippen LogP contribution < -0.4 is 0 Å². The monoisotopic (exact) mass is 317 g/mol. The molecule has 4 nitrogen and oxygen atoms in total. The van der Waals surface area contributed by atoms with Crippen molar-refractivity contribution in [1.82, 2.24) is 4.90 Å². The Morgan fingerprint density at radius 1 is 1.14 bits per heavy atom. The average molecular weight is 317 g/mol. The highest BCUT2D eigenvalue weighted by Gasteiger charge is 2.26. The highest BCUT2D eigenvalue weighted by molar-refractivity contribution is 7.99. The number of Topliss-reactive ketones (excluding diaryl/α,β-unsaturated/α-hetero) is 1. The van der Waals surface area contributed by atoms with Crippen molar-refractivity contribution in [3.63, 3.8) is 0 Å². The Bertz CT molecular complexity index is 608. The molecule has 0 saturated heterocycles. The number of thioether (sulfide) groups is 1. The SMILES string of the molecule is CC(C)N(CCSc1ccccc1)C(=O)C(=O)c1ccco1. The minimum Gasteiger partial charge on any atom is -0.461 e. The third-order valence-electron chi connectivity index (χ3n) is 3.17. The topological polar surface area (TPSA) is 50.5 Å². The summed E-state index contributed by atoms with van der Waals surface area (Å²) in [6.07, 6.45) is 1.39. The van der Waals surface area contributed by atoms with Crippen LogP contribution in [-0.4, -0.2) is 34.9 Å². The summed E-state index contributed by atoms with van der Waals surface area (Å²) in [6.45, 7) is 4.32. The Labute approximate surface area is 134 Å². The van der Waals surface area contributed by atoms with Crippen LogP contribution in [0, 0.1) is 0 Å². The van der Waals surface area contributed by atoms with Crippen LogP contribution in [0.3, 0.4) is 0 Å². The van der Waals surface area contributed by atoms with Crippen molar-refractivity contribution < 1.29 is 14.0 Å². The second-order valence-corrected chi connectivity index (χ2v) is 6.23. The Hall–Kier alpha value is -2.01. The summed E-state index contributed by atoms with van der Waals surface area (Å²) in [5.74, 6) is -0.285. The Balaban J connectivity index is 1.95. The minimum absolute atomic E-state index is 0.0391. The van der Waals surface area contributed by atoms with Crippen LogP contribution in [-0.2, 0) is 4.79 Å². The lowest BCUT2D eigenvalue weighted by Crippen LogP contribution is -2.42. The van der Waals surface area contributed by atoms with Crippen molar-refractivity contribution in [3.8, 4) is 0 Å². The van der Waals surface area contributed by atoms with Crippen molar-refractivity contribution in [2.75, 3.05) is 12.3 Å². The van der Waals surface area contributed by atoms with E-state index in [0.717, 1.165) is 10.6 Å². The van der Waals surface area contributed by atoms with Crippen molar-refractivity contribution in [2.45, 2.75) is 24.8 Å². The maximum Gasteiger partial charge on any atom is 0.298 e. The van der Waals surface area contributed by atoms with E-state index >= 15 is 0 Å². The van der Waals surface area contributed by atoms with Gasteiger partial charge in [-0.1, -0.05) is 18.2 Å². The molecule has 0 aliphatic carbocycles. The number of hydrogen-bond donors (Lipinski definition) is 0. The van der Waals surface area contributed by atoms with E-state index in [1.807, 2.05) is 44.2 Å². The molecule has 0 aliphatic rings. The van der Waals surface area contributed by atoms with Gasteiger partial charge in [0.15, 0.2) is 5.76 Å². The summed E-state index contributed by atoms with van der Waals surface area (Å²) in [6, 6.07) is 13.1. The Kier molecular flexibility index (Phi) is 5.83. The van der Waals surface area contributed by atoms with Gasteiger partial charge in [0.25, 0.3) is 11.7 Å². The van der Waals surface area contributed by atoms with E-state index in [0.29, 0.717) is 6.54 Å². The van der Waals surface area contributed by atoms with Gasteiger partial charge < -0.3 is 9.32 Å². The number of benzene rings is 1. The van der Waals surface area contributed by atoms with E-state index in [4.69, 9.17) is 4.42 Å². The highest BCUT2D eigenvalue weighted by atomic mass is 32.2. The lowest BCUT2D eigenvalue weighted by Gasteiger charge is -2.25. The number of furan rings is 1.